The van der Waals surface area contributed by atoms with Crippen molar-refractivity contribution in [2.45, 2.75) is 12.8 Å². The van der Waals surface area contributed by atoms with Gasteiger partial charge in [0.1, 0.15) is 11.6 Å². The van der Waals surface area contributed by atoms with Gasteiger partial charge in [-0.1, -0.05) is 6.07 Å². The van der Waals surface area contributed by atoms with E-state index < -0.39 is 11.6 Å². The fraction of sp³-hybridized carbons (Fsp3) is 0.273. The van der Waals surface area contributed by atoms with Crippen molar-refractivity contribution in [1.82, 2.24) is 10.2 Å². The molecule has 0 spiro atoms. The molecule has 4 nitrogen and oxygen atoms in total. The molecule has 90 valence electrons. The number of benzene rings is 1. The lowest BCUT2D eigenvalue weighted by molar-refractivity contribution is 0.451. The molecule has 1 heterocycles. The molecule has 6 heteroatoms. The first-order valence-electron chi connectivity index (χ1n) is 5.15. The highest BCUT2D eigenvalue weighted by Gasteiger charge is 2.13. The Bertz CT molecular complexity index is 493. The summed E-state index contributed by atoms with van der Waals surface area (Å²) in [7, 11) is 0. The van der Waals surface area contributed by atoms with Crippen molar-refractivity contribution in [3.63, 3.8) is 0 Å². The van der Waals surface area contributed by atoms with Crippen LogP contribution in [0, 0.1) is 11.6 Å². The Morgan fingerprint density at radius 1 is 1.12 bits per heavy atom. The Labute approximate surface area is 96.5 Å². The first-order chi connectivity index (χ1) is 8.20. The third-order valence-corrected chi connectivity index (χ3v) is 2.26. The molecular weight excluding hydrogens is 228 g/mol. The largest absolute Gasteiger partial charge is 0.425 e. The Morgan fingerprint density at radius 3 is 2.41 bits per heavy atom. The van der Waals surface area contributed by atoms with Crippen LogP contribution in [0.5, 0.6) is 0 Å². The second-order valence-corrected chi connectivity index (χ2v) is 3.51. The summed E-state index contributed by atoms with van der Waals surface area (Å²) in [6.45, 7) is 0.385. The van der Waals surface area contributed by atoms with Gasteiger partial charge >= 0.3 is 0 Å². The second kappa shape index (κ2) is 5.01. The van der Waals surface area contributed by atoms with Gasteiger partial charge in [0.05, 0.1) is 6.42 Å². The molecule has 2 rings (SSSR count). The summed E-state index contributed by atoms with van der Waals surface area (Å²) in [5.41, 5.74) is 5.25. The highest BCUT2D eigenvalue weighted by Crippen LogP contribution is 2.16. The quantitative estimate of drug-likeness (QED) is 0.876. The summed E-state index contributed by atoms with van der Waals surface area (Å²) in [6, 6.07) is 3.69. The van der Waals surface area contributed by atoms with Gasteiger partial charge in [0.15, 0.2) is 0 Å². The van der Waals surface area contributed by atoms with Crippen molar-refractivity contribution in [2.75, 3.05) is 6.54 Å². The minimum atomic E-state index is -0.622. The molecule has 0 bridgehead atoms. The molecule has 0 atom stereocenters. The number of nitrogens with zero attached hydrogens (tertiary/aromatic N) is 2. The molecule has 0 saturated heterocycles. The van der Waals surface area contributed by atoms with Gasteiger partial charge in [-0.15, -0.1) is 10.2 Å². The standard InChI is InChI=1S/C11H11F2N3O/c12-8-2-1-3-9(13)7(8)6-11-16-15-10(17-11)4-5-14/h1-3H,4-6,14H2. The van der Waals surface area contributed by atoms with E-state index in [2.05, 4.69) is 10.2 Å². The summed E-state index contributed by atoms with van der Waals surface area (Å²) >= 11 is 0. The van der Waals surface area contributed by atoms with Crippen LogP contribution in [0.25, 0.3) is 0 Å². The van der Waals surface area contributed by atoms with Crippen LogP contribution in [0.4, 0.5) is 8.78 Å². The van der Waals surface area contributed by atoms with Crippen LogP contribution in [0.15, 0.2) is 22.6 Å². The Kier molecular flexibility index (Phi) is 3.43. The average molecular weight is 239 g/mol. The van der Waals surface area contributed by atoms with E-state index in [9.17, 15) is 8.78 Å². The lowest BCUT2D eigenvalue weighted by atomic mass is 10.1. The van der Waals surface area contributed by atoms with E-state index in [1.165, 1.54) is 18.2 Å². The van der Waals surface area contributed by atoms with Crippen LogP contribution in [-0.4, -0.2) is 16.7 Å². The molecule has 0 unspecified atom stereocenters. The second-order valence-electron chi connectivity index (χ2n) is 3.51. The Balaban J connectivity index is 2.19. The molecule has 2 aromatic rings. The predicted molar refractivity (Wildman–Crippen MR) is 56.2 cm³/mol. The van der Waals surface area contributed by atoms with Gasteiger partial charge in [-0.05, 0) is 12.1 Å². The Morgan fingerprint density at radius 2 is 1.76 bits per heavy atom. The van der Waals surface area contributed by atoms with Crippen LogP contribution in [0.1, 0.15) is 17.3 Å². The van der Waals surface area contributed by atoms with Gasteiger partial charge in [-0.2, -0.15) is 0 Å². The van der Waals surface area contributed by atoms with Crippen LogP contribution < -0.4 is 5.73 Å². The lowest BCUT2D eigenvalue weighted by Crippen LogP contribution is -2.02. The van der Waals surface area contributed by atoms with E-state index in [-0.39, 0.29) is 17.9 Å². The van der Waals surface area contributed by atoms with Gasteiger partial charge in [-0.25, -0.2) is 8.78 Å². The van der Waals surface area contributed by atoms with E-state index >= 15 is 0 Å². The number of halogens is 2. The molecule has 1 aromatic heterocycles. The maximum Gasteiger partial charge on any atom is 0.221 e. The van der Waals surface area contributed by atoms with Crippen LogP contribution in [0.2, 0.25) is 0 Å². The third-order valence-electron chi connectivity index (χ3n) is 2.26. The molecule has 0 amide bonds. The number of rotatable bonds is 4. The average Bonchev–Trinajstić information content (AvgIpc) is 2.72. The maximum absolute atomic E-state index is 13.3. The summed E-state index contributed by atoms with van der Waals surface area (Å²) < 4.78 is 31.9. The SMILES string of the molecule is NCCc1nnc(Cc2c(F)cccc2F)o1. The lowest BCUT2D eigenvalue weighted by Gasteiger charge is -2.00. The van der Waals surface area contributed by atoms with Gasteiger partial charge < -0.3 is 10.2 Å². The van der Waals surface area contributed by atoms with Gasteiger partial charge in [0.25, 0.3) is 0 Å². The zero-order valence-electron chi connectivity index (χ0n) is 8.99. The zero-order valence-corrected chi connectivity index (χ0v) is 8.99. The number of hydrogen-bond donors (Lipinski definition) is 1. The first kappa shape index (κ1) is 11.7. The molecule has 1 aromatic carbocycles. The molecule has 0 aliphatic rings. The molecular formula is C11H11F2N3O. The molecule has 0 aliphatic carbocycles. The first-order valence-corrected chi connectivity index (χ1v) is 5.15. The Hall–Kier alpha value is -1.82. The molecule has 0 radical (unpaired) electrons. The number of aromatic nitrogens is 2. The highest BCUT2D eigenvalue weighted by molar-refractivity contribution is 5.22. The minimum Gasteiger partial charge on any atom is -0.425 e. The topological polar surface area (TPSA) is 64.9 Å². The van der Waals surface area contributed by atoms with Gasteiger partial charge in [-0.3, -0.25) is 0 Å². The third kappa shape index (κ3) is 2.65. The van der Waals surface area contributed by atoms with Gasteiger partial charge in [0, 0.05) is 18.5 Å². The fourth-order valence-corrected chi connectivity index (χ4v) is 1.44. The van der Waals surface area contributed by atoms with Gasteiger partial charge in [0.2, 0.25) is 11.8 Å². The summed E-state index contributed by atoms with van der Waals surface area (Å²) in [5.74, 6) is -0.691. The maximum atomic E-state index is 13.3. The van der Waals surface area contributed by atoms with E-state index in [0.717, 1.165) is 0 Å². The van der Waals surface area contributed by atoms with Crippen molar-refractivity contribution in [3.8, 4) is 0 Å². The zero-order chi connectivity index (χ0) is 12.3. The molecule has 0 aliphatic heterocycles. The van der Waals surface area contributed by atoms with Crippen LogP contribution >= 0.6 is 0 Å². The predicted octanol–water partition coefficient (Wildman–Crippen LogP) is 1.44. The molecule has 0 saturated carbocycles. The van der Waals surface area contributed by atoms with E-state index in [1.807, 2.05) is 0 Å². The smallest absolute Gasteiger partial charge is 0.221 e. The molecule has 0 fully saturated rings. The minimum absolute atomic E-state index is 0.0594. The van der Waals surface area contributed by atoms with Crippen molar-refractivity contribution >= 4 is 0 Å². The highest BCUT2D eigenvalue weighted by atomic mass is 19.1. The monoisotopic (exact) mass is 239 g/mol. The van der Waals surface area contributed by atoms with E-state index in [1.54, 1.807) is 0 Å². The van der Waals surface area contributed by atoms with Crippen molar-refractivity contribution in [2.24, 2.45) is 5.73 Å². The summed E-state index contributed by atoms with van der Waals surface area (Å²) in [6.07, 6.45) is 0.392. The molecule has 17 heavy (non-hydrogen) atoms. The number of hydrogen-bond acceptors (Lipinski definition) is 4. The van der Waals surface area contributed by atoms with E-state index in [0.29, 0.717) is 18.9 Å². The normalized spacial score (nSPS) is 10.8. The molecule has 2 N–H and O–H groups in total. The fourth-order valence-electron chi connectivity index (χ4n) is 1.44. The number of nitrogens with two attached hydrogens (primary N) is 1. The van der Waals surface area contributed by atoms with E-state index in [4.69, 9.17) is 10.2 Å². The van der Waals surface area contributed by atoms with Crippen LogP contribution in [0.3, 0.4) is 0 Å². The summed E-state index contributed by atoms with van der Waals surface area (Å²) in [4.78, 5) is 0. The van der Waals surface area contributed by atoms with Crippen LogP contribution in [-0.2, 0) is 12.8 Å². The van der Waals surface area contributed by atoms with Crippen molar-refractivity contribution in [3.05, 3.63) is 47.2 Å². The summed E-state index contributed by atoms with van der Waals surface area (Å²) in [5, 5.41) is 7.43. The van der Waals surface area contributed by atoms with Crippen molar-refractivity contribution < 1.29 is 13.2 Å². The van der Waals surface area contributed by atoms with Crippen molar-refractivity contribution in [1.29, 1.82) is 0 Å².